The van der Waals surface area contributed by atoms with Crippen LogP contribution in [0.4, 0.5) is 0 Å². The van der Waals surface area contributed by atoms with Gasteiger partial charge in [0, 0.05) is 25.4 Å². The van der Waals surface area contributed by atoms with Crippen LogP contribution in [0.5, 0.6) is 0 Å². The first-order chi connectivity index (χ1) is 10.2. The molecule has 0 aliphatic rings. The molecule has 116 valence electrons. The first kappa shape index (κ1) is 17.4. The summed E-state index contributed by atoms with van der Waals surface area (Å²) in [6, 6.07) is 0. The zero-order chi connectivity index (χ0) is 15.5. The van der Waals surface area contributed by atoms with E-state index < -0.39 is 0 Å². The summed E-state index contributed by atoms with van der Waals surface area (Å²) in [5, 5.41) is 3.45. The normalized spacial score (nSPS) is 10.2. The first-order valence-electron chi connectivity index (χ1n) is 6.97. The molecule has 0 spiro atoms. The standard InChI is InChI=1S/C14H21N3O3S/c1-3-20-12(18)7-5-4-6-8-15-13(19)11-9-16-14(21-2)17-10-11/h9-10H,3-8H2,1-2H3,(H,15,19). The van der Waals surface area contributed by atoms with E-state index in [-0.39, 0.29) is 11.9 Å². The van der Waals surface area contributed by atoms with E-state index in [0.717, 1.165) is 19.3 Å². The highest BCUT2D eigenvalue weighted by atomic mass is 32.2. The second-order valence-electron chi connectivity index (χ2n) is 4.33. The maximum atomic E-state index is 11.8. The molecule has 0 unspecified atom stereocenters. The number of esters is 1. The number of amides is 1. The summed E-state index contributed by atoms with van der Waals surface area (Å²) in [7, 11) is 0. The first-order valence-corrected chi connectivity index (χ1v) is 8.19. The number of thioether (sulfide) groups is 1. The molecule has 0 bridgehead atoms. The van der Waals surface area contributed by atoms with Crippen molar-refractivity contribution in [2.45, 2.75) is 37.8 Å². The van der Waals surface area contributed by atoms with Crippen molar-refractivity contribution in [2.24, 2.45) is 0 Å². The Kier molecular flexibility index (Phi) is 8.42. The van der Waals surface area contributed by atoms with Gasteiger partial charge in [0.15, 0.2) is 5.16 Å². The van der Waals surface area contributed by atoms with Gasteiger partial charge >= 0.3 is 5.97 Å². The Hall–Kier alpha value is -1.63. The molecule has 0 fully saturated rings. The molecule has 6 nitrogen and oxygen atoms in total. The van der Waals surface area contributed by atoms with Gasteiger partial charge in [-0.3, -0.25) is 9.59 Å². The molecule has 0 saturated heterocycles. The minimum Gasteiger partial charge on any atom is -0.466 e. The summed E-state index contributed by atoms with van der Waals surface area (Å²) in [6.45, 7) is 2.79. The Morgan fingerprint density at radius 1 is 1.24 bits per heavy atom. The molecule has 0 aromatic carbocycles. The van der Waals surface area contributed by atoms with Gasteiger partial charge in [-0.2, -0.15) is 0 Å². The number of hydrogen-bond donors (Lipinski definition) is 1. The van der Waals surface area contributed by atoms with Gasteiger partial charge in [-0.15, -0.1) is 0 Å². The lowest BCUT2D eigenvalue weighted by atomic mass is 10.2. The Balaban J connectivity index is 2.14. The van der Waals surface area contributed by atoms with Crippen molar-refractivity contribution in [1.29, 1.82) is 0 Å². The van der Waals surface area contributed by atoms with Crippen LogP contribution in [0, 0.1) is 0 Å². The summed E-state index contributed by atoms with van der Waals surface area (Å²) < 4.78 is 4.84. The highest BCUT2D eigenvalue weighted by Gasteiger charge is 2.06. The van der Waals surface area contributed by atoms with Crippen LogP contribution in [0.25, 0.3) is 0 Å². The molecule has 21 heavy (non-hydrogen) atoms. The molecule has 1 amide bonds. The van der Waals surface area contributed by atoms with Gasteiger partial charge < -0.3 is 10.1 Å². The topological polar surface area (TPSA) is 81.2 Å². The lowest BCUT2D eigenvalue weighted by Gasteiger charge is -2.05. The number of aromatic nitrogens is 2. The largest absolute Gasteiger partial charge is 0.466 e. The van der Waals surface area contributed by atoms with Crippen molar-refractivity contribution in [1.82, 2.24) is 15.3 Å². The quantitative estimate of drug-likeness (QED) is 0.325. The zero-order valence-corrected chi connectivity index (χ0v) is 13.2. The van der Waals surface area contributed by atoms with Crippen LogP contribution in [0.3, 0.4) is 0 Å². The molecular formula is C14H21N3O3S. The third kappa shape index (κ3) is 7.08. The second kappa shape index (κ2) is 10.1. The van der Waals surface area contributed by atoms with Crippen molar-refractivity contribution in [3.8, 4) is 0 Å². The van der Waals surface area contributed by atoms with Gasteiger partial charge in [0.05, 0.1) is 12.2 Å². The van der Waals surface area contributed by atoms with Gasteiger partial charge in [-0.1, -0.05) is 18.2 Å². The second-order valence-corrected chi connectivity index (χ2v) is 5.10. The lowest BCUT2D eigenvalue weighted by molar-refractivity contribution is -0.143. The van der Waals surface area contributed by atoms with Crippen LogP contribution in [-0.4, -0.2) is 41.3 Å². The number of ether oxygens (including phenoxy) is 1. The van der Waals surface area contributed by atoms with Gasteiger partial charge in [0.25, 0.3) is 5.91 Å². The predicted molar refractivity (Wildman–Crippen MR) is 81.2 cm³/mol. The van der Waals surface area contributed by atoms with Crippen LogP contribution in [-0.2, 0) is 9.53 Å². The summed E-state index contributed by atoms with van der Waals surface area (Å²) in [5.74, 6) is -0.333. The average molecular weight is 311 g/mol. The fourth-order valence-electron chi connectivity index (χ4n) is 1.65. The van der Waals surface area contributed by atoms with Crippen LogP contribution >= 0.6 is 11.8 Å². The Morgan fingerprint density at radius 2 is 1.95 bits per heavy atom. The van der Waals surface area contributed by atoms with Crippen LogP contribution in [0.2, 0.25) is 0 Å². The molecule has 1 rings (SSSR count). The molecule has 0 radical (unpaired) electrons. The van der Waals surface area contributed by atoms with Gasteiger partial charge in [-0.05, 0) is 26.0 Å². The minimum absolute atomic E-state index is 0.160. The molecule has 7 heteroatoms. The Bertz CT molecular complexity index is 451. The van der Waals surface area contributed by atoms with Gasteiger partial charge in [0.1, 0.15) is 0 Å². The maximum Gasteiger partial charge on any atom is 0.305 e. The smallest absolute Gasteiger partial charge is 0.305 e. The molecule has 1 aromatic heterocycles. The SMILES string of the molecule is CCOC(=O)CCCCCNC(=O)c1cnc(SC)nc1. The molecule has 0 atom stereocenters. The fourth-order valence-corrected chi connectivity index (χ4v) is 1.96. The lowest BCUT2D eigenvalue weighted by Crippen LogP contribution is -2.24. The molecule has 0 saturated carbocycles. The number of rotatable bonds is 9. The van der Waals surface area contributed by atoms with Gasteiger partial charge in [-0.25, -0.2) is 9.97 Å². The predicted octanol–water partition coefficient (Wildman–Crippen LogP) is 2.05. The zero-order valence-electron chi connectivity index (χ0n) is 12.4. The van der Waals surface area contributed by atoms with E-state index in [4.69, 9.17) is 4.74 Å². The highest BCUT2D eigenvalue weighted by molar-refractivity contribution is 7.98. The van der Waals surface area contributed by atoms with E-state index in [1.165, 1.54) is 24.2 Å². The molecule has 0 aliphatic carbocycles. The summed E-state index contributed by atoms with van der Waals surface area (Å²) >= 11 is 1.43. The van der Waals surface area contributed by atoms with Gasteiger partial charge in [0.2, 0.25) is 0 Å². The highest BCUT2D eigenvalue weighted by Crippen LogP contribution is 2.07. The Morgan fingerprint density at radius 3 is 2.57 bits per heavy atom. The number of nitrogens with zero attached hydrogens (tertiary/aromatic N) is 2. The monoisotopic (exact) mass is 311 g/mol. The van der Waals surface area contributed by atoms with E-state index >= 15 is 0 Å². The summed E-state index contributed by atoms with van der Waals surface area (Å²) in [4.78, 5) is 31.0. The molecule has 1 heterocycles. The molecular weight excluding hydrogens is 290 g/mol. The van der Waals surface area contributed by atoms with Crippen molar-refractivity contribution >= 4 is 23.6 Å². The number of carbonyl (C=O) groups is 2. The average Bonchev–Trinajstić information content (AvgIpc) is 2.51. The van der Waals surface area contributed by atoms with E-state index in [1.54, 1.807) is 6.92 Å². The number of hydrogen-bond acceptors (Lipinski definition) is 6. The van der Waals surface area contributed by atoms with Crippen LogP contribution in [0.15, 0.2) is 17.6 Å². The van der Waals surface area contributed by atoms with E-state index in [1.807, 2.05) is 6.26 Å². The van der Waals surface area contributed by atoms with Crippen molar-refractivity contribution in [3.05, 3.63) is 18.0 Å². The van der Waals surface area contributed by atoms with E-state index in [2.05, 4.69) is 15.3 Å². The number of unbranched alkanes of at least 4 members (excludes halogenated alkanes) is 2. The third-order valence-electron chi connectivity index (χ3n) is 2.72. The number of carbonyl (C=O) groups excluding carboxylic acids is 2. The summed E-state index contributed by atoms with van der Waals surface area (Å²) in [6.07, 6.45) is 7.84. The Labute approximate surface area is 129 Å². The molecule has 1 N–H and O–H groups in total. The van der Waals surface area contributed by atoms with E-state index in [9.17, 15) is 9.59 Å². The molecule has 1 aromatic rings. The van der Waals surface area contributed by atoms with Crippen LogP contribution < -0.4 is 5.32 Å². The number of nitrogens with one attached hydrogen (secondary N) is 1. The fraction of sp³-hybridized carbons (Fsp3) is 0.571. The van der Waals surface area contributed by atoms with Crippen molar-refractivity contribution < 1.29 is 14.3 Å². The summed E-state index contributed by atoms with van der Waals surface area (Å²) in [5.41, 5.74) is 0.458. The van der Waals surface area contributed by atoms with Crippen molar-refractivity contribution in [2.75, 3.05) is 19.4 Å². The third-order valence-corrected chi connectivity index (χ3v) is 3.30. The molecule has 0 aliphatic heterocycles. The maximum absolute atomic E-state index is 11.8. The minimum atomic E-state index is -0.173. The van der Waals surface area contributed by atoms with E-state index in [0.29, 0.717) is 30.3 Å². The van der Waals surface area contributed by atoms with Crippen molar-refractivity contribution in [3.63, 3.8) is 0 Å². The van der Waals surface area contributed by atoms with Crippen LogP contribution in [0.1, 0.15) is 43.0 Å².